The van der Waals surface area contributed by atoms with Crippen LogP contribution in [0.15, 0.2) is 59.6 Å². The standard InChI is InChI=1S/C20H22N2O2S/c23-12-15-5-4-6-16(11-15)20-14-24-10-9-17(20)13-25-19(22-20)21-18-7-2-1-3-8-18/h1-8,11,17,23H,9-10,12-14H2,(H,21,22). The summed E-state index contributed by atoms with van der Waals surface area (Å²) in [6, 6.07) is 18.3. The number of hydrogen-bond acceptors (Lipinski definition) is 5. The molecule has 1 fully saturated rings. The number of fused-ring (bicyclic) bond motifs is 1. The highest BCUT2D eigenvalue weighted by molar-refractivity contribution is 8.14. The van der Waals surface area contributed by atoms with Crippen LogP contribution in [-0.2, 0) is 16.9 Å². The number of benzene rings is 2. The molecular weight excluding hydrogens is 332 g/mol. The van der Waals surface area contributed by atoms with Gasteiger partial charge in [-0.1, -0.05) is 54.2 Å². The van der Waals surface area contributed by atoms with Gasteiger partial charge in [0, 0.05) is 24.0 Å². The van der Waals surface area contributed by atoms with Crippen molar-refractivity contribution < 1.29 is 9.84 Å². The molecule has 0 aliphatic carbocycles. The Hall–Kier alpha value is -1.82. The second kappa shape index (κ2) is 7.20. The van der Waals surface area contributed by atoms with Crippen molar-refractivity contribution in [1.29, 1.82) is 0 Å². The quantitative estimate of drug-likeness (QED) is 0.884. The molecule has 4 nitrogen and oxygen atoms in total. The zero-order valence-electron chi connectivity index (χ0n) is 14.0. The van der Waals surface area contributed by atoms with Gasteiger partial charge in [-0.2, -0.15) is 0 Å². The number of anilines is 1. The van der Waals surface area contributed by atoms with Gasteiger partial charge in [0.15, 0.2) is 5.17 Å². The molecule has 2 aliphatic heterocycles. The van der Waals surface area contributed by atoms with Crippen molar-refractivity contribution in [3.05, 3.63) is 65.7 Å². The van der Waals surface area contributed by atoms with E-state index in [9.17, 15) is 5.11 Å². The Morgan fingerprint density at radius 2 is 2.08 bits per heavy atom. The lowest BCUT2D eigenvalue weighted by molar-refractivity contribution is 0.00452. The van der Waals surface area contributed by atoms with Gasteiger partial charge in [-0.25, -0.2) is 4.99 Å². The van der Waals surface area contributed by atoms with Crippen LogP contribution in [0.2, 0.25) is 0 Å². The molecule has 25 heavy (non-hydrogen) atoms. The molecule has 5 heteroatoms. The number of nitrogens with zero attached hydrogens (tertiary/aromatic N) is 1. The third-order valence-corrected chi connectivity index (χ3v) is 6.00. The second-order valence-electron chi connectivity index (χ2n) is 6.54. The number of nitrogens with one attached hydrogen (secondary N) is 1. The summed E-state index contributed by atoms with van der Waals surface area (Å²) < 4.78 is 5.86. The lowest BCUT2D eigenvalue weighted by atomic mass is 9.76. The topological polar surface area (TPSA) is 53.9 Å². The molecule has 2 atom stereocenters. The highest BCUT2D eigenvalue weighted by atomic mass is 32.2. The van der Waals surface area contributed by atoms with Crippen molar-refractivity contribution in [3.63, 3.8) is 0 Å². The number of ether oxygens (including phenoxy) is 1. The minimum atomic E-state index is -0.369. The predicted octanol–water partition coefficient (Wildman–Crippen LogP) is 3.63. The molecule has 4 rings (SSSR count). The van der Waals surface area contributed by atoms with E-state index in [-0.39, 0.29) is 12.1 Å². The molecule has 0 radical (unpaired) electrons. The van der Waals surface area contributed by atoms with Gasteiger partial charge < -0.3 is 15.2 Å². The van der Waals surface area contributed by atoms with Crippen LogP contribution in [0.4, 0.5) is 5.69 Å². The largest absolute Gasteiger partial charge is 0.392 e. The summed E-state index contributed by atoms with van der Waals surface area (Å²) in [5.74, 6) is 1.47. The number of aliphatic hydroxyl groups excluding tert-OH is 1. The van der Waals surface area contributed by atoms with Gasteiger partial charge >= 0.3 is 0 Å². The third-order valence-electron chi connectivity index (χ3n) is 4.96. The van der Waals surface area contributed by atoms with E-state index in [2.05, 4.69) is 17.4 Å². The molecule has 0 saturated carbocycles. The Morgan fingerprint density at radius 1 is 1.20 bits per heavy atom. The first-order valence-electron chi connectivity index (χ1n) is 8.63. The van der Waals surface area contributed by atoms with E-state index in [0.717, 1.165) is 40.8 Å². The smallest absolute Gasteiger partial charge is 0.162 e. The van der Waals surface area contributed by atoms with Crippen LogP contribution in [0.5, 0.6) is 0 Å². The number of aliphatic hydroxyl groups is 1. The minimum absolute atomic E-state index is 0.0447. The molecule has 2 aromatic carbocycles. The fraction of sp³-hybridized carbons (Fsp3) is 0.350. The minimum Gasteiger partial charge on any atom is -0.392 e. The normalized spacial score (nSPS) is 25.8. The van der Waals surface area contributed by atoms with E-state index in [0.29, 0.717) is 12.5 Å². The Balaban J connectivity index is 1.72. The number of hydrogen-bond donors (Lipinski definition) is 2. The number of amidine groups is 1. The van der Waals surface area contributed by atoms with Crippen LogP contribution in [0.3, 0.4) is 0 Å². The van der Waals surface area contributed by atoms with Crippen LogP contribution < -0.4 is 5.32 Å². The Labute approximate surface area is 152 Å². The molecular formula is C20H22N2O2S. The maximum absolute atomic E-state index is 9.52. The molecule has 0 amide bonds. The maximum Gasteiger partial charge on any atom is 0.162 e. The van der Waals surface area contributed by atoms with E-state index in [1.165, 1.54) is 0 Å². The first kappa shape index (κ1) is 16.6. The highest BCUT2D eigenvalue weighted by Crippen LogP contribution is 2.45. The number of para-hydroxylation sites is 1. The molecule has 0 spiro atoms. The van der Waals surface area contributed by atoms with E-state index < -0.39 is 0 Å². The molecule has 1 saturated heterocycles. The molecule has 0 bridgehead atoms. The first-order chi connectivity index (χ1) is 12.3. The number of rotatable bonds is 3. The zero-order valence-corrected chi connectivity index (χ0v) is 14.8. The van der Waals surface area contributed by atoms with Crippen LogP contribution in [-0.4, -0.2) is 29.2 Å². The average Bonchev–Trinajstić information content (AvgIpc) is 2.68. The summed E-state index contributed by atoms with van der Waals surface area (Å²) in [6.07, 6.45) is 1.01. The van der Waals surface area contributed by atoms with Gasteiger partial charge in [-0.05, 0) is 29.7 Å². The van der Waals surface area contributed by atoms with Crippen LogP contribution in [0.1, 0.15) is 17.5 Å². The number of thioether (sulfide) groups is 1. The van der Waals surface area contributed by atoms with Gasteiger partial charge in [0.1, 0.15) is 5.54 Å². The van der Waals surface area contributed by atoms with Crippen LogP contribution in [0.25, 0.3) is 0 Å². The van der Waals surface area contributed by atoms with E-state index >= 15 is 0 Å². The summed E-state index contributed by atoms with van der Waals surface area (Å²) in [5, 5.41) is 13.9. The van der Waals surface area contributed by atoms with Crippen molar-refractivity contribution in [2.75, 3.05) is 24.3 Å². The summed E-state index contributed by atoms with van der Waals surface area (Å²) in [5.41, 5.74) is 2.73. The fourth-order valence-electron chi connectivity index (χ4n) is 3.58. The van der Waals surface area contributed by atoms with Crippen molar-refractivity contribution in [2.45, 2.75) is 18.6 Å². The summed E-state index contributed by atoms with van der Waals surface area (Å²) in [6.45, 7) is 1.43. The molecule has 2 aromatic rings. The van der Waals surface area contributed by atoms with E-state index in [1.807, 2.05) is 42.5 Å². The predicted molar refractivity (Wildman–Crippen MR) is 103 cm³/mol. The van der Waals surface area contributed by atoms with Gasteiger partial charge in [-0.3, -0.25) is 0 Å². The lowest BCUT2D eigenvalue weighted by Gasteiger charge is -2.44. The Morgan fingerprint density at radius 3 is 2.92 bits per heavy atom. The summed E-state index contributed by atoms with van der Waals surface area (Å²) in [7, 11) is 0. The Kier molecular flexibility index (Phi) is 4.79. The van der Waals surface area contributed by atoms with Crippen LogP contribution in [0, 0.1) is 5.92 Å². The fourth-order valence-corrected chi connectivity index (χ4v) is 4.80. The lowest BCUT2D eigenvalue weighted by Crippen LogP contribution is -2.47. The van der Waals surface area contributed by atoms with E-state index in [4.69, 9.17) is 9.73 Å². The van der Waals surface area contributed by atoms with Gasteiger partial charge in [0.05, 0.1) is 13.2 Å². The number of aliphatic imine (C=N–C) groups is 1. The van der Waals surface area contributed by atoms with E-state index in [1.54, 1.807) is 11.8 Å². The molecule has 0 aromatic heterocycles. The molecule has 2 aliphatic rings. The molecule has 2 unspecified atom stereocenters. The average molecular weight is 354 g/mol. The van der Waals surface area contributed by atoms with Crippen molar-refractivity contribution in [2.24, 2.45) is 10.9 Å². The van der Waals surface area contributed by atoms with Gasteiger partial charge in [0.25, 0.3) is 0 Å². The molecule has 130 valence electrons. The maximum atomic E-state index is 9.52. The third kappa shape index (κ3) is 3.32. The first-order valence-corrected chi connectivity index (χ1v) is 9.61. The van der Waals surface area contributed by atoms with Gasteiger partial charge in [-0.15, -0.1) is 0 Å². The second-order valence-corrected chi connectivity index (χ2v) is 7.55. The van der Waals surface area contributed by atoms with Crippen LogP contribution >= 0.6 is 11.8 Å². The SMILES string of the molecule is OCc1cccc(C23COCCC2CSC(Nc2ccccc2)=N3)c1. The molecule has 2 N–H and O–H groups in total. The summed E-state index contributed by atoms with van der Waals surface area (Å²) in [4.78, 5) is 5.14. The van der Waals surface area contributed by atoms with Gasteiger partial charge in [0.2, 0.25) is 0 Å². The molecule has 2 heterocycles. The van der Waals surface area contributed by atoms with Crippen molar-refractivity contribution in [3.8, 4) is 0 Å². The van der Waals surface area contributed by atoms with Crippen molar-refractivity contribution in [1.82, 2.24) is 0 Å². The monoisotopic (exact) mass is 354 g/mol. The van der Waals surface area contributed by atoms with Crippen molar-refractivity contribution >= 4 is 22.6 Å². The Bertz CT molecular complexity index is 765. The zero-order chi connectivity index (χ0) is 17.1. The highest BCUT2D eigenvalue weighted by Gasteiger charge is 2.46. The summed E-state index contributed by atoms with van der Waals surface area (Å²) >= 11 is 1.78.